The van der Waals surface area contributed by atoms with Crippen molar-refractivity contribution in [2.45, 2.75) is 140 Å². The van der Waals surface area contributed by atoms with Crippen molar-refractivity contribution in [1.29, 1.82) is 0 Å². The van der Waals surface area contributed by atoms with E-state index in [0.717, 1.165) is 38.3 Å². The highest BCUT2D eigenvalue weighted by molar-refractivity contribution is 5.81. The molecule has 31 heavy (non-hydrogen) atoms. The Labute approximate surface area is 198 Å². The average molecular weight is 440 g/mol. The Morgan fingerprint density at radius 1 is 0.903 bits per heavy atom. The van der Waals surface area contributed by atoms with Gasteiger partial charge in [-0.15, -0.1) is 6.58 Å². The van der Waals surface area contributed by atoms with Crippen LogP contribution in [0.3, 0.4) is 0 Å². The molecule has 1 atom stereocenters. The Morgan fingerprint density at radius 2 is 1.35 bits per heavy atom. The third-order valence-electron chi connectivity index (χ3n) is 6.14. The Hall–Kier alpha value is -0.630. The lowest BCUT2D eigenvalue weighted by molar-refractivity contribution is -0.126. The third-order valence-corrected chi connectivity index (χ3v) is 6.14. The summed E-state index contributed by atoms with van der Waals surface area (Å²) >= 11 is 0. The van der Waals surface area contributed by atoms with Crippen LogP contribution in [0.15, 0.2) is 12.2 Å². The molecule has 0 spiro atoms. The standard InChI is InChI=1S/C15H31NO.C8H16.C4H8.C2H6/c1-6-11-15(5,14(4)17)12-9-10-13-16(7-2)8-3;1-8-6-4-2-3-5-7-8;1-4(2)3;1-2/h6-13H2,1-5H3;8H,2-7H2,1H3;1H2,2-3H3;1-2H3. The van der Waals surface area contributed by atoms with E-state index in [1.54, 1.807) is 6.92 Å². The topological polar surface area (TPSA) is 20.3 Å². The summed E-state index contributed by atoms with van der Waals surface area (Å²) in [6, 6.07) is 0. The van der Waals surface area contributed by atoms with Crippen LogP contribution in [-0.4, -0.2) is 30.3 Å². The van der Waals surface area contributed by atoms with E-state index in [9.17, 15) is 4.79 Å². The summed E-state index contributed by atoms with van der Waals surface area (Å²) < 4.78 is 0. The number of Topliss-reactive ketones (excluding diaryl/α,β-unsaturated/α-hetero) is 1. The summed E-state index contributed by atoms with van der Waals surface area (Å²) in [5.41, 5.74) is 1.10. The molecule has 1 aliphatic rings. The molecule has 0 N–H and O–H groups in total. The maximum Gasteiger partial charge on any atom is 0.135 e. The molecule has 0 heterocycles. The van der Waals surface area contributed by atoms with Gasteiger partial charge in [-0.2, -0.15) is 0 Å². The predicted molar refractivity (Wildman–Crippen MR) is 144 cm³/mol. The van der Waals surface area contributed by atoms with Crippen LogP contribution in [0.1, 0.15) is 140 Å². The molecule has 1 unspecified atom stereocenters. The first-order valence-corrected chi connectivity index (χ1v) is 13.5. The molecule has 188 valence electrons. The van der Waals surface area contributed by atoms with Crippen molar-refractivity contribution in [3.63, 3.8) is 0 Å². The zero-order valence-electron chi connectivity index (χ0n) is 23.5. The van der Waals surface area contributed by atoms with Crippen LogP contribution in [0, 0.1) is 11.3 Å². The number of hydrogen-bond acceptors (Lipinski definition) is 2. The van der Waals surface area contributed by atoms with E-state index in [1.165, 1.54) is 63.5 Å². The number of nitrogens with zero attached hydrogens (tertiary/aromatic N) is 1. The molecule has 1 fully saturated rings. The van der Waals surface area contributed by atoms with E-state index >= 15 is 0 Å². The van der Waals surface area contributed by atoms with Crippen LogP contribution < -0.4 is 0 Å². The van der Waals surface area contributed by atoms with Gasteiger partial charge in [-0.25, -0.2) is 0 Å². The van der Waals surface area contributed by atoms with Crippen molar-refractivity contribution < 1.29 is 4.79 Å². The predicted octanol–water partition coefficient (Wildman–Crippen LogP) is 9.48. The number of rotatable bonds is 10. The maximum atomic E-state index is 11.7. The molecular formula is C29H61NO. The SMILES string of the molecule is C=C(C)C.CC.CC1CCCCCC1.CCCC(C)(CCCCN(CC)CC)C(C)=O. The normalized spacial score (nSPS) is 15.7. The minimum absolute atomic E-state index is 0.0714. The van der Waals surface area contributed by atoms with Gasteiger partial charge in [0.05, 0.1) is 0 Å². The van der Waals surface area contributed by atoms with Crippen molar-refractivity contribution in [2.75, 3.05) is 19.6 Å². The van der Waals surface area contributed by atoms with Crippen molar-refractivity contribution >= 4 is 5.78 Å². The largest absolute Gasteiger partial charge is 0.304 e. The highest BCUT2D eigenvalue weighted by atomic mass is 16.1. The van der Waals surface area contributed by atoms with Gasteiger partial charge >= 0.3 is 0 Å². The molecule has 0 amide bonds. The Bertz CT molecular complexity index is 388. The Kier molecular flexibility index (Phi) is 27.1. The molecule has 1 saturated carbocycles. The molecule has 2 heteroatoms. The summed E-state index contributed by atoms with van der Waals surface area (Å²) in [6.45, 7) is 27.8. The van der Waals surface area contributed by atoms with Crippen molar-refractivity contribution in [3.8, 4) is 0 Å². The van der Waals surface area contributed by atoms with Crippen LogP contribution in [0.4, 0.5) is 0 Å². The van der Waals surface area contributed by atoms with Gasteiger partial charge in [0, 0.05) is 5.41 Å². The van der Waals surface area contributed by atoms with E-state index in [4.69, 9.17) is 0 Å². The zero-order chi connectivity index (χ0) is 24.7. The first-order valence-electron chi connectivity index (χ1n) is 13.5. The summed E-state index contributed by atoms with van der Waals surface area (Å²) in [5, 5.41) is 0. The van der Waals surface area contributed by atoms with Crippen LogP contribution in [0.5, 0.6) is 0 Å². The number of hydrogen-bond donors (Lipinski definition) is 0. The minimum Gasteiger partial charge on any atom is -0.304 e. The molecule has 1 aliphatic carbocycles. The lowest BCUT2D eigenvalue weighted by Gasteiger charge is -2.27. The van der Waals surface area contributed by atoms with E-state index in [0.29, 0.717) is 5.78 Å². The molecule has 0 bridgehead atoms. The summed E-state index contributed by atoms with van der Waals surface area (Å²) in [4.78, 5) is 14.1. The van der Waals surface area contributed by atoms with Gasteiger partial charge in [0.25, 0.3) is 0 Å². The van der Waals surface area contributed by atoms with E-state index in [-0.39, 0.29) is 5.41 Å². The van der Waals surface area contributed by atoms with Gasteiger partial charge < -0.3 is 4.90 Å². The molecular weight excluding hydrogens is 378 g/mol. The first-order chi connectivity index (χ1) is 14.6. The fourth-order valence-corrected chi connectivity index (χ4v) is 3.90. The summed E-state index contributed by atoms with van der Waals surface area (Å²) in [7, 11) is 0. The van der Waals surface area contributed by atoms with E-state index < -0.39 is 0 Å². The number of carbonyl (C=O) groups excluding carboxylic acids is 1. The fourth-order valence-electron chi connectivity index (χ4n) is 3.90. The lowest BCUT2D eigenvalue weighted by Crippen LogP contribution is -2.27. The van der Waals surface area contributed by atoms with Gasteiger partial charge in [-0.1, -0.05) is 105 Å². The molecule has 0 aromatic rings. The molecule has 0 aliphatic heterocycles. The quantitative estimate of drug-likeness (QED) is 0.192. The molecule has 0 radical (unpaired) electrons. The van der Waals surface area contributed by atoms with E-state index in [1.807, 2.05) is 27.7 Å². The van der Waals surface area contributed by atoms with Gasteiger partial charge in [-0.3, -0.25) is 4.79 Å². The van der Waals surface area contributed by atoms with Crippen molar-refractivity contribution in [2.24, 2.45) is 11.3 Å². The second-order valence-corrected chi connectivity index (χ2v) is 9.65. The van der Waals surface area contributed by atoms with Crippen LogP contribution in [-0.2, 0) is 4.79 Å². The van der Waals surface area contributed by atoms with Gasteiger partial charge in [0.15, 0.2) is 0 Å². The lowest BCUT2D eigenvalue weighted by atomic mass is 9.77. The second-order valence-electron chi connectivity index (χ2n) is 9.65. The molecule has 2 nitrogen and oxygen atoms in total. The summed E-state index contributed by atoms with van der Waals surface area (Å²) in [5.74, 6) is 1.39. The van der Waals surface area contributed by atoms with E-state index in [2.05, 4.69) is 46.1 Å². The smallest absolute Gasteiger partial charge is 0.135 e. The number of allylic oxidation sites excluding steroid dienone is 1. The maximum absolute atomic E-state index is 11.7. The van der Waals surface area contributed by atoms with Gasteiger partial charge in [0.1, 0.15) is 5.78 Å². The van der Waals surface area contributed by atoms with Crippen LogP contribution in [0.2, 0.25) is 0 Å². The number of carbonyl (C=O) groups is 1. The highest BCUT2D eigenvalue weighted by Gasteiger charge is 2.27. The second kappa shape index (κ2) is 24.0. The van der Waals surface area contributed by atoms with Crippen molar-refractivity contribution in [3.05, 3.63) is 12.2 Å². The number of unbranched alkanes of at least 4 members (excludes halogenated alkanes) is 1. The minimum atomic E-state index is -0.0714. The van der Waals surface area contributed by atoms with Gasteiger partial charge in [-0.05, 0) is 65.6 Å². The van der Waals surface area contributed by atoms with Crippen molar-refractivity contribution in [1.82, 2.24) is 4.90 Å². The number of ketones is 1. The molecule has 0 saturated heterocycles. The van der Waals surface area contributed by atoms with Crippen LogP contribution >= 0.6 is 0 Å². The summed E-state index contributed by atoms with van der Waals surface area (Å²) in [6.07, 6.45) is 14.5. The highest BCUT2D eigenvalue weighted by Crippen LogP contribution is 2.30. The third kappa shape index (κ3) is 23.9. The Balaban J connectivity index is -0.000000458. The fraction of sp³-hybridized carbons (Fsp3) is 0.897. The van der Waals surface area contributed by atoms with Gasteiger partial charge in [0.2, 0.25) is 0 Å². The molecule has 0 aromatic carbocycles. The van der Waals surface area contributed by atoms with Crippen LogP contribution in [0.25, 0.3) is 0 Å². The Morgan fingerprint density at radius 3 is 1.71 bits per heavy atom. The monoisotopic (exact) mass is 439 g/mol. The molecule has 1 rings (SSSR count). The molecule has 0 aromatic heterocycles. The zero-order valence-corrected chi connectivity index (χ0v) is 23.5. The average Bonchev–Trinajstić information content (AvgIpc) is 2.97. The first kappa shape index (κ1) is 35.0.